The lowest BCUT2D eigenvalue weighted by molar-refractivity contribution is -0.145. The Kier molecular flexibility index (Phi) is 14.0. The molecule has 3 fully saturated rings. The summed E-state index contributed by atoms with van der Waals surface area (Å²) < 4.78 is 35.9. The van der Waals surface area contributed by atoms with E-state index in [1.54, 1.807) is 47.6 Å². The van der Waals surface area contributed by atoms with E-state index < -0.39 is 64.6 Å². The Hall–Kier alpha value is -3.46. The van der Waals surface area contributed by atoms with Gasteiger partial charge in [0.1, 0.15) is 27.8 Å². The Balaban J connectivity index is 0.000000355. The summed E-state index contributed by atoms with van der Waals surface area (Å²) in [4.78, 5) is 57.5. The molecular formula is C31H52FN3O11. The van der Waals surface area contributed by atoms with E-state index in [4.69, 9.17) is 25.1 Å². The maximum Gasteiger partial charge on any atom is 0.408 e. The molecule has 0 aromatic heterocycles. The number of aliphatic hydroxyl groups excluding tert-OH is 1. The van der Waals surface area contributed by atoms with Gasteiger partial charge in [-0.15, -0.1) is 6.58 Å². The van der Waals surface area contributed by atoms with Gasteiger partial charge in [-0.2, -0.15) is 0 Å². The Morgan fingerprint density at radius 2 is 1.26 bits per heavy atom. The van der Waals surface area contributed by atoms with Gasteiger partial charge in [0.05, 0.1) is 28.0 Å². The molecule has 46 heavy (non-hydrogen) atoms. The predicted molar refractivity (Wildman–Crippen MR) is 164 cm³/mol. The molecule has 5 N–H and O–H groups in total. The summed E-state index contributed by atoms with van der Waals surface area (Å²) in [6.45, 7) is 13.7. The van der Waals surface area contributed by atoms with Crippen LogP contribution < -0.4 is 16.4 Å². The molecule has 0 aromatic rings. The van der Waals surface area contributed by atoms with Gasteiger partial charge in [0, 0.05) is 12.5 Å². The average Bonchev–Trinajstić information content (AvgIpc) is 3.89. The number of alkyl carbamates (subject to hydrolysis) is 2. The third-order valence-corrected chi connectivity index (χ3v) is 7.60. The number of aliphatic hydroxyl groups is 1. The van der Waals surface area contributed by atoms with Gasteiger partial charge >= 0.3 is 30.1 Å². The molecular weight excluding hydrogens is 609 g/mol. The van der Waals surface area contributed by atoms with Crippen LogP contribution in [0.2, 0.25) is 0 Å². The number of rotatable bonds is 10. The van der Waals surface area contributed by atoms with Crippen LogP contribution in [-0.4, -0.2) is 97.6 Å². The van der Waals surface area contributed by atoms with Crippen molar-refractivity contribution in [3.63, 3.8) is 0 Å². The molecule has 15 heteroatoms. The number of nitrogens with two attached hydrogens (primary N) is 1. The Bertz CT molecular complexity index is 1120. The summed E-state index contributed by atoms with van der Waals surface area (Å²) in [6, 6.07) is 0. The first kappa shape index (κ1) is 40.6. The zero-order valence-electron chi connectivity index (χ0n) is 28.5. The van der Waals surface area contributed by atoms with Gasteiger partial charge < -0.3 is 45.2 Å². The van der Waals surface area contributed by atoms with Crippen LogP contribution >= 0.6 is 0 Å². The van der Waals surface area contributed by atoms with Crippen molar-refractivity contribution in [2.45, 2.75) is 101 Å². The molecule has 0 aromatic carbocycles. The Morgan fingerprint density at radius 3 is 1.63 bits per heavy atom. The van der Waals surface area contributed by atoms with Crippen LogP contribution in [0.3, 0.4) is 0 Å². The number of carbonyl (C=O) groups is 5. The van der Waals surface area contributed by atoms with Crippen molar-refractivity contribution in [2.75, 3.05) is 34.6 Å². The number of halogens is 1. The monoisotopic (exact) mass is 661 g/mol. The summed E-state index contributed by atoms with van der Waals surface area (Å²) >= 11 is 0. The minimum Gasteiger partial charge on any atom is -0.468 e. The van der Waals surface area contributed by atoms with Gasteiger partial charge in [0.25, 0.3) is 0 Å². The Morgan fingerprint density at radius 1 is 0.804 bits per heavy atom. The van der Waals surface area contributed by atoms with Crippen LogP contribution in [0.4, 0.5) is 14.0 Å². The van der Waals surface area contributed by atoms with Crippen LogP contribution in [0.25, 0.3) is 0 Å². The van der Waals surface area contributed by atoms with Crippen LogP contribution in [0.15, 0.2) is 12.7 Å². The SMILES string of the molecule is C=C[C@@H]1C[C@]1(NC(=O)OC(C)(C)C)C(=O)OC.COC(=O)[C@@]1(N)C[C@H]1CCF.COC(=O)[C@@]1(NC(=O)OC(C)(C)C)C[C@H]1CCO. The quantitative estimate of drug-likeness (QED) is 0.152. The van der Waals surface area contributed by atoms with Crippen molar-refractivity contribution in [1.82, 2.24) is 10.6 Å². The van der Waals surface area contributed by atoms with Gasteiger partial charge in [-0.05, 0) is 85.5 Å². The average molecular weight is 662 g/mol. The number of methoxy groups -OCH3 is 3. The van der Waals surface area contributed by atoms with Gasteiger partial charge in [-0.25, -0.2) is 19.2 Å². The minimum absolute atomic E-state index is 0.0139. The highest BCUT2D eigenvalue weighted by molar-refractivity contribution is 5.90. The van der Waals surface area contributed by atoms with Crippen molar-refractivity contribution in [3.8, 4) is 0 Å². The summed E-state index contributed by atoms with van der Waals surface area (Å²) in [6.07, 6.45) is 2.72. The molecule has 0 unspecified atom stereocenters. The number of amides is 2. The van der Waals surface area contributed by atoms with E-state index in [1.165, 1.54) is 21.3 Å². The first-order valence-corrected chi connectivity index (χ1v) is 15.0. The number of ether oxygens (including phenoxy) is 5. The molecule has 3 aliphatic carbocycles. The van der Waals surface area contributed by atoms with Gasteiger partial charge in [0.2, 0.25) is 0 Å². The third kappa shape index (κ3) is 11.1. The number of hydrogen-bond donors (Lipinski definition) is 4. The molecule has 0 spiro atoms. The summed E-state index contributed by atoms with van der Waals surface area (Å²) in [5, 5.41) is 14.0. The lowest BCUT2D eigenvalue weighted by atomic mass is 10.1. The second-order valence-corrected chi connectivity index (χ2v) is 13.5. The van der Waals surface area contributed by atoms with Crippen molar-refractivity contribution in [3.05, 3.63) is 12.7 Å². The smallest absolute Gasteiger partial charge is 0.408 e. The number of nitrogens with one attached hydrogen (secondary N) is 2. The van der Waals surface area contributed by atoms with Crippen LogP contribution in [-0.2, 0) is 38.1 Å². The van der Waals surface area contributed by atoms with E-state index in [0.717, 1.165) is 0 Å². The largest absolute Gasteiger partial charge is 0.468 e. The van der Waals surface area contributed by atoms with E-state index in [9.17, 15) is 28.4 Å². The summed E-state index contributed by atoms with van der Waals surface area (Å²) in [5.74, 6) is -1.58. The number of hydrogen-bond acceptors (Lipinski definition) is 12. The van der Waals surface area contributed by atoms with Crippen molar-refractivity contribution in [1.29, 1.82) is 0 Å². The second kappa shape index (κ2) is 15.9. The summed E-state index contributed by atoms with van der Waals surface area (Å²) in [5.41, 5.74) is 1.48. The highest BCUT2D eigenvalue weighted by atomic mass is 19.1. The van der Waals surface area contributed by atoms with E-state index in [1.807, 2.05) is 0 Å². The number of carbonyl (C=O) groups excluding carboxylic acids is 5. The second-order valence-electron chi connectivity index (χ2n) is 13.5. The van der Waals surface area contributed by atoms with Crippen LogP contribution in [0.5, 0.6) is 0 Å². The van der Waals surface area contributed by atoms with Crippen molar-refractivity contribution in [2.24, 2.45) is 23.5 Å². The number of esters is 3. The minimum atomic E-state index is -1.03. The fourth-order valence-corrected chi connectivity index (χ4v) is 4.91. The topological polar surface area (TPSA) is 202 Å². The zero-order valence-corrected chi connectivity index (χ0v) is 28.5. The lowest BCUT2D eigenvalue weighted by Gasteiger charge is -2.23. The van der Waals surface area contributed by atoms with Crippen molar-refractivity contribution >= 4 is 30.1 Å². The lowest BCUT2D eigenvalue weighted by Crippen LogP contribution is -2.47. The standard InChI is InChI=1S/C12H21NO5.C12H19NO4.C7H12FNO2/c1-11(2,3)18-10(16)13-12(9(15)17-4)7-8(12)5-6-14;1-6-8-7-12(8,9(14)16-5)13-10(15)17-11(2,3)4;1-11-6(10)7(9)4-5(7)2-3-8/h8,14H,5-7H2,1-4H3,(H,13,16);6,8H,1,7H2,2-5H3,(H,13,15);5H,2-4,9H2,1H3/t2*8-,12-;5-,7-/m111/s1. The fraction of sp³-hybridized carbons (Fsp3) is 0.774. The maximum absolute atomic E-state index is 11.8. The molecule has 2 amide bonds. The predicted octanol–water partition coefficient (Wildman–Crippen LogP) is 2.69. The molecule has 6 atom stereocenters. The molecule has 0 bridgehead atoms. The first-order chi connectivity index (χ1) is 21.1. The molecule has 3 rings (SSSR count). The molecule has 3 saturated carbocycles. The first-order valence-electron chi connectivity index (χ1n) is 15.0. The molecule has 0 heterocycles. The summed E-state index contributed by atoms with van der Waals surface area (Å²) in [7, 11) is 3.86. The molecule has 3 aliphatic rings. The zero-order chi connectivity index (χ0) is 35.7. The van der Waals surface area contributed by atoms with Gasteiger partial charge in [-0.1, -0.05) is 6.08 Å². The molecule has 0 radical (unpaired) electrons. The highest BCUT2D eigenvalue weighted by Crippen LogP contribution is 2.47. The molecule has 0 aliphatic heterocycles. The van der Waals surface area contributed by atoms with E-state index in [0.29, 0.717) is 32.1 Å². The van der Waals surface area contributed by atoms with Gasteiger partial charge in [0.15, 0.2) is 0 Å². The maximum atomic E-state index is 11.8. The normalized spacial score (nSPS) is 28.7. The molecule has 0 saturated heterocycles. The van der Waals surface area contributed by atoms with Crippen molar-refractivity contribution < 1.29 is 57.2 Å². The number of alkyl halides is 1. The molecule has 264 valence electrons. The van der Waals surface area contributed by atoms with E-state index >= 15 is 0 Å². The fourth-order valence-electron chi connectivity index (χ4n) is 4.91. The van der Waals surface area contributed by atoms with Crippen LogP contribution in [0.1, 0.15) is 73.6 Å². The molecule has 14 nitrogen and oxygen atoms in total. The van der Waals surface area contributed by atoms with Gasteiger partial charge in [-0.3, -0.25) is 9.18 Å². The highest BCUT2D eigenvalue weighted by Gasteiger charge is 2.63. The Labute approximate surface area is 270 Å². The van der Waals surface area contributed by atoms with E-state index in [-0.39, 0.29) is 24.4 Å². The third-order valence-electron chi connectivity index (χ3n) is 7.60. The van der Waals surface area contributed by atoms with E-state index in [2.05, 4.69) is 26.7 Å². The van der Waals surface area contributed by atoms with Crippen LogP contribution in [0, 0.1) is 17.8 Å².